The summed E-state index contributed by atoms with van der Waals surface area (Å²) in [5.74, 6) is -0.0521. The normalized spacial score (nSPS) is 11.2. The molecule has 162 valence electrons. The SMILES string of the molecule is O=C(Nc1ccn[nH]1)c1cccc(S(=O)(=O)N(Cc2ccccc2)c2ccccc2Cl)c1. The third-order valence-corrected chi connectivity index (χ3v) is 6.80. The molecule has 32 heavy (non-hydrogen) atoms. The van der Waals surface area contributed by atoms with E-state index in [4.69, 9.17) is 11.6 Å². The van der Waals surface area contributed by atoms with Gasteiger partial charge in [-0.15, -0.1) is 0 Å². The minimum Gasteiger partial charge on any atom is -0.307 e. The van der Waals surface area contributed by atoms with Gasteiger partial charge < -0.3 is 5.32 Å². The summed E-state index contributed by atoms with van der Waals surface area (Å²) < 4.78 is 28.6. The molecule has 0 saturated heterocycles. The van der Waals surface area contributed by atoms with Gasteiger partial charge in [-0.05, 0) is 35.9 Å². The van der Waals surface area contributed by atoms with E-state index in [1.165, 1.54) is 28.7 Å². The molecule has 0 saturated carbocycles. The van der Waals surface area contributed by atoms with Crippen LogP contribution >= 0.6 is 11.6 Å². The number of para-hydroxylation sites is 1. The van der Waals surface area contributed by atoms with Crippen molar-refractivity contribution >= 4 is 39.0 Å². The standard InChI is InChI=1S/C23H19ClN4O3S/c24-20-11-4-5-12-21(20)28(16-17-7-2-1-3-8-17)32(30,31)19-10-6-9-18(15-19)23(29)26-22-13-14-25-27-22/h1-15H,16H2,(H2,25,26,27,29). The zero-order chi connectivity index (χ0) is 22.6. The Hall–Kier alpha value is -3.62. The number of hydrogen-bond acceptors (Lipinski definition) is 4. The lowest BCUT2D eigenvalue weighted by Crippen LogP contribution is -2.31. The highest BCUT2D eigenvalue weighted by atomic mass is 35.5. The largest absolute Gasteiger partial charge is 0.307 e. The number of carbonyl (C=O) groups excluding carboxylic acids is 1. The second kappa shape index (κ2) is 9.25. The minimum atomic E-state index is -4.04. The first-order chi connectivity index (χ1) is 15.4. The lowest BCUT2D eigenvalue weighted by molar-refractivity contribution is 0.102. The molecule has 0 atom stereocenters. The van der Waals surface area contributed by atoms with Crippen LogP contribution in [0.2, 0.25) is 5.02 Å². The van der Waals surface area contributed by atoms with Crippen molar-refractivity contribution in [3.8, 4) is 0 Å². The summed E-state index contributed by atoms with van der Waals surface area (Å²) >= 11 is 6.36. The number of H-pyrrole nitrogens is 1. The molecule has 0 radical (unpaired) electrons. The number of aromatic nitrogens is 2. The molecule has 1 heterocycles. The van der Waals surface area contributed by atoms with E-state index in [-0.39, 0.29) is 17.0 Å². The van der Waals surface area contributed by atoms with Gasteiger partial charge in [0.1, 0.15) is 5.82 Å². The van der Waals surface area contributed by atoms with Crippen LogP contribution in [-0.4, -0.2) is 24.5 Å². The molecule has 0 fully saturated rings. The van der Waals surface area contributed by atoms with Crippen LogP contribution in [0, 0.1) is 0 Å². The molecule has 0 aliphatic rings. The van der Waals surface area contributed by atoms with Gasteiger partial charge >= 0.3 is 0 Å². The number of amides is 1. The Morgan fingerprint density at radius 1 is 0.969 bits per heavy atom. The van der Waals surface area contributed by atoms with Crippen LogP contribution < -0.4 is 9.62 Å². The van der Waals surface area contributed by atoms with Gasteiger partial charge in [-0.1, -0.05) is 60.1 Å². The van der Waals surface area contributed by atoms with Gasteiger partial charge in [-0.25, -0.2) is 8.42 Å². The van der Waals surface area contributed by atoms with Crippen LogP contribution in [0.4, 0.5) is 11.5 Å². The Balaban J connectivity index is 1.72. The number of rotatable bonds is 7. The maximum atomic E-state index is 13.7. The van der Waals surface area contributed by atoms with Crippen molar-refractivity contribution < 1.29 is 13.2 Å². The summed E-state index contributed by atoms with van der Waals surface area (Å²) in [6.07, 6.45) is 1.50. The summed E-state index contributed by atoms with van der Waals surface area (Å²) in [7, 11) is -4.04. The molecular formula is C23H19ClN4O3S. The molecule has 1 aromatic heterocycles. The van der Waals surface area contributed by atoms with Crippen molar-refractivity contribution in [2.24, 2.45) is 0 Å². The third kappa shape index (κ3) is 4.66. The van der Waals surface area contributed by atoms with Crippen LogP contribution in [0.1, 0.15) is 15.9 Å². The van der Waals surface area contributed by atoms with Gasteiger partial charge in [0.25, 0.3) is 15.9 Å². The van der Waals surface area contributed by atoms with Gasteiger partial charge in [0, 0.05) is 11.6 Å². The van der Waals surface area contributed by atoms with Gasteiger partial charge in [0.05, 0.1) is 28.3 Å². The van der Waals surface area contributed by atoms with Crippen LogP contribution in [0.25, 0.3) is 0 Å². The number of benzene rings is 3. The fraction of sp³-hybridized carbons (Fsp3) is 0.0435. The van der Waals surface area contributed by atoms with Crippen molar-refractivity contribution in [2.45, 2.75) is 11.4 Å². The molecule has 9 heteroatoms. The molecule has 1 amide bonds. The Morgan fingerprint density at radius 2 is 1.72 bits per heavy atom. The average Bonchev–Trinajstić information content (AvgIpc) is 3.32. The van der Waals surface area contributed by atoms with E-state index >= 15 is 0 Å². The van der Waals surface area contributed by atoms with E-state index in [0.29, 0.717) is 16.5 Å². The van der Waals surface area contributed by atoms with Crippen LogP contribution in [0.15, 0.2) is 96.0 Å². The number of sulfonamides is 1. The van der Waals surface area contributed by atoms with E-state index in [1.807, 2.05) is 30.3 Å². The summed E-state index contributed by atoms with van der Waals surface area (Å²) in [6, 6.07) is 23.4. The van der Waals surface area contributed by atoms with Crippen LogP contribution in [-0.2, 0) is 16.6 Å². The lowest BCUT2D eigenvalue weighted by Gasteiger charge is -2.26. The van der Waals surface area contributed by atoms with Gasteiger partial charge in [-0.3, -0.25) is 14.2 Å². The van der Waals surface area contributed by atoms with Gasteiger partial charge in [0.2, 0.25) is 0 Å². The third-order valence-electron chi connectivity index (χ3n) is 4.72. The maximum absolute atomic E-state index is 13.7. The number of halogens is 1. The summed E-state index contributed by atoms with van der Waals surface area (Å²) in [5, 5.41) is 9.35. The molecule has 0 bridgehead atoms. The van der Waals surface area contributed by atoms with Crippen LogP contribution in [0.5, 0.6) is 0 Å². The highest BCUT2D eigenvalue weighted by Crippen LogP contribution is 2.32. The minimum absolute atomic E-state index is 0.0226. The van der Waals surface area contributed by atoms with Crippen LogP contribution in [0.3, 0.4) is 0 Å². The molecule has 2 N–H and O–H groups in total. The van der Waals surface area contributed by atoms with E-state index in [9.17, 15) is 13.2 Å². The Kier molecular flexibility index (Phi) is 6.25. The maximum Gasteiger partial charge on any atom is 0.264 e. The zero-order valence-corrected chi connectivity index (χ0v) is 18.3. The molecule has 0 unspecified atom stereocenters. The molecule has 4 aromatic rings. The topological polar surface area (TPSA) is 95.2 Å². The second-order valence-corrected chi connectivity index (χ2v) is 9.17. The number of nitrogens with zero attached hydrogens (tertiary/aromatic N) is 2. The van der Waals surface area contributed by atoms with E-state index in [2.05, 4.69) is 15.5 Å². The van der Waals surface area contributed by atoms with Crippen molar-refractivity contribution in [3.63, 3.8) is 0 Å². The predicted octanol–water partition coefficient (Wildman–Crippen LogP) is 4.71. The number of nitrogens with one attached hydrogen (secondary N) is 2. The van der Waals surface area contributed by atoms with E-state index in [0.717, 1.165) is 5.56 Å². The van der Waals surface area contributed by atoms with Gasteiger partial charge in [0.15, 0.2) is 0 Å². The first kappa shape index (κ1) is 21.6. The molecule has 3 aromatic carbocycles. The monoisotopic (exact) mass is 466 g/mol. The number of aromatic amines is 1. The zero-order valence-electron chi connectivity index (χ0n) is 16.8. The summed E-state index contributed by atoms with van der Waals surface area (Å²) in [5.41, 5.74) is 1.34. The highest BCUT2D eigenvalue weighted by molar-refractivity contribution is 7.92. The molecule has 0 aliphatic carbocycles. The van der Waals surface area contributed by atoms with Crippen molar-refractivity contribution in [1.29, 1.82) is 0 Å². The number of hydrogen-bond donors (Lipinski definition) is 2. The first-order valence-electron chi connectivity index (χ1n) is 9.67. The molecular weight excluding hydrogens is 448 g/mol. The van der Waals surface area contributed by atoms with Crippen molar-refractivity contribution in [3.05, 3.63) is 107 Å². The van der Waals surface area contributed by atoms with E-state index < -0.39 is 15.9 Å². The Labute approximate surface area is 190 Å². The first-order valence-corrected chi connectivity index (χ1v) is 11.5. The molecule has 0 spiro atoms. The van der Waals surface area contributed by atoms with Crippen molar-refractivity contribution in [1.82, 2.24) is 10.2 Å². The molecule has 7 nitrogen and oxygen atoms in total. The number of anilines is 2. The van der Waals surface area contributed by atoms with Crippen molar-refractivity contribution in [2.75, 3.05) is 9.62 Å². The Morgan fingerprint density at radius 3 is 2.44 bits per heavy atom. The van der Waals surface area contributed by atoms with Gasteiger partial charge in [-0.2, -0.15) is 5.10 Å². The second-order valence-electron chi connectivity index (χ2n) is 6.90. The summed E-state index contributed by atoms with van der Waals surface area (Å²) in [6.45, 7) is 0.0808. The number of carbonyl (C=O) groups is 1. The molecule has 0 aliphatic heterocycles. The summed E-state index contributed by atoms with van der Waals surface area (Å²) in [4.78, 5) is 12.6. The molecule has 4 rings (SSSR count). The van der Waals surface area contributed by atoms with E-state index in [1.54, 1.807) is 36.4 Å². The quantitative estimate of drug-likeness (QED) is 0.412. The smallest absolute Gasteiger partial charge is 0.264 e. The lowest BCUT2D eigenvalue weighted by atomic mass is 10.2. The highest BCUT2D eigenvalue weighted by Gasteiger charge is 2.27. The average molecular weight is 467 g/mol. The fourth-order valence-corrected chi connectivity index (χ4v) is 4.95. The predicted molar refractivity (Wildman–Crippen MR) is 124 cm³/mol. The Bertz CT molecular complexity index is 1330. The fourth-order valence-electron chi connectivity index (χ4n) is 3.15.